The van der Waals surface area contributed by atoms with Crippen LogP contribution in [0.4, 0.5) is 0 Å². The maximum Gasteiger partial charge on any atom is 0.269 e. The summed E-state index contributed by atoms with van der Waals surface area (Å²) in [6.45, 7) is 3.72. The van der Waals surface area contributed by atoms with E-state index < -0.39 is 0 Å². The molecule has 0 spiro atoms. The van der Waals surface area contributed by atoms with Gasteiger partial charge in [-0.25, -0.2) is 4.98 Å². The summed E-state index contributed by atoms with van der Waals surface area (Å²) in [6.07, 6.45) is 2.40. The van der Waals surface area contributed by atoms with Crippen LogP contribution in [-0.2, 0) is 6.42 Å². The van der Waals surface area contributed by atoms with Crippen molar-refractivity contribution in [1.29, 1.82) is 0 Å². The quantitative estimate of drug-likeness (QED) is 0.617. The van der Waals surface area contributed by atoms with Crippen molar-refractivity contribution in [3.8, 4) is 0 Å². The summed E-state index contributed by atoms with van der Waals surface area (Å²) in [5.41, 5.74) is 0.550. The number of carbonyl (C=O) groups is 1. The van der Waals surface area contributed by atoms with Gasteiger partial charge in [-0.05, 0) is 0 Å². The van der Waals surface area contributed by atoms with Crippen molar-refractivity contribution in [1.82, 2.24) is 20.6 Å². The molecule has 5 nitrogen and oxygen atoms in total. The molecule has 2 heterocycles. The standard InChI is InChI=1S/C9H14N4O/c1-2-8-11-5-7(13-8)9(14)12-6-3-10-4-6/h5-6,10H,2-4H2,1H3,(H,11,13)(H,12,14). The number of nitrogens with one attached hydrogen (secondary N) is 3. The van der Waals surface area contributed by atoms with Crippen molar-refractivity contribution in [3.63, 3.8) is 0 Å². The van der Waals surface area contributed by atoms with Gasteiger partial charge in [-0.3, -0.25) is 4.79 Å². The van der Waals surface area contributed by atoms with Gasteiger partial charge >= 0.3 is 0 Å². The number of aromatic amines is 1. The predicted molar refractivity (Wildman–Crippen MR) is 52.1 cm³/mol. The van der Waals surface area contributed by atoms with E-state index in [-0.39, 0.29) is 11.9 Å². The molecule has 1 amide bonds. The third kappa shape index (κ3) is 1.77. The lowest BCUT2D eigenvalue weighted by atomic mass is 10.2. The number of rotatable bonds is 3. The van der Waals surface area contributed by atoms with Gasteiger partial charge in [0, 0.05) is 19.5 Å². The van der Waals surface area contributed by atoms with Gasteiger partial charge in [0.05, 0.1) is 12.2 Å². The topological polar surface area (TPSA) is 69.8 Å². The van der Waals surface area contributed by atoms with E-state index in [9.17, 15) is 4.79 Å². The fourth-order valence-electron chi connectivity index (χ4n) is 1.31. The van der Waals surface area contributed by atoms with Gasteiger partial charge in [-0.1, -0.05) is 6.92 Å². The van der Waals surface area contributed by atoms with E-state index in [2.05, 4.69) is 20.6 Å². The van der Waals surface area contributed by atoms with Gasteiger partial charge in [0.2, 0.25) is 0 Å². The minimum atomic E-state index is -0.0660. The highest BCUT2D eigenvalue weighted by molar-refractivity contribution is 5.92. The van der Waals surface area contributed by atoms with Crippen LogP contribution in [0.3, 0.4) is 0 Å². The Morgan fingerprint density at radius 2 is 2.50 bits per heavy atom. The van der Waals surface area contributed by atoms with E-state index in [0.717, 1.165) is 25.3 Å². The number of aryl methyl sites for hydroxylation is 1. The molecule has 0 aliphatic carbocycles. The van der Waals surface area contributed by atoms with Crippen LogP contribution in [0.25, 0.3) is 0 Å². The van der Waals surface area contributed by atoms with E-state index in [1.807, 2.05) is 6.92 Å². The van der Waals surface area contributed by atoms with Crippen LogP contribution in [0.2, 0.25) is 0 Å². The highest BCUT2D eigenvalue weighted by Gasteiger charge is 2.20. The molecule has 76 valence electrons. The monoisotopic (exact) mass is 194 g/mol. The zero-order valence-electron chi connectivity index (χ0n) is 8.13. The average molecular weight is 194 g/mol. The molecule has 14 heavy (non-hydrogen) atoms. The molecular weight excluding hydrogens is 180 g/mol. The third-order valence-corrected chi connectivity index (χ3v) is 2.32. The number of nitrogens with zero attached hydrogens (tertiary/aromatic N) is 1. The molecule has 3 N–H and O–H groups in total. The maximum absolute atomic E-state index is 11.6. The molecule has 0 saturated carbocycles. The number of aromatic nitrogens is 2. The molecule has 1 aromatic heterocycles. The molecule has 1 aliphatic heterocycles. The van der Waals surface area contributed by atoms with Crippen molar-refractivity contribution in [2.75, 3.05) is 13.1 Å². The van der Waals surface area contributed by atoms with E-state index in [0.29, 0.717) is 5.69 Å². The summed E-state index contributed by atoms with van der Waals surface area (Å²) in [7, 11) is 0. The molecule has 1 aliphatic rings. The lowest BCUT2D eigenvalue weighted by molar-refractivity contribution is 0.0919. The lowest BCUT2D eigenvalue weighted by Crippen LogP contribution is -2.56. The van der Waals surface area contributed by atoms with Crippen molar-refractivity contribution in [3.05, 3.63) is 17.7 Å². The van der Waals surface area contributed by atoms with Crippen molar-refractivity contribution < 1.29 is 4.79 Å². The number of hydrogen-bond donors (Lipinski definition) is 3. The van der Waals surface area contributed by atoms with Gasteiger partial charge in [-0.15, -0.1) is 0 Å². The highest BCUT2D eigenvalue weighted by Crippen LogP contribution is 1.99. The average Bonchev–Trinajstić information content (AvgIpc) is 2.59. The van der Waals surface area contributed by atoms with Crippen molar-refractivity contribution >= 4 is 5.91 Å². The lowest BCUT2D eigenvalue weighted by Gasteiger charge is -2.27. The summed E-state index contributed by atoms with van der Waals surface area (Å²) in [5.74, 6) is 0.783. The Morgan fingerprint density at radius 1 is 1.71 bits per heavy atom. The van der Waals surface area contributed by atoms with Gasteiger partial charge in [0.1, 0.15) is 11.5 Å². The van der Waals surface area contributed by atoms with Gasteiger partial charge in [-0.2, -0.15) is 0 Å². The molecular formula is C9H14N4O. The van der Waals surface area contributed by atoms with E-state index >= 15 is 0 Å². The van der Waals surface area contributed by atoms with Gasteiger partial charge in [0.15, 0.2) is 0 Å². The van der Waals surface area contributed by atoms with E-state index in [1.54, 1.807) is 6.20 Å². The second-order valence-electron chi connectivity index (χ2n) is 3.43. The molecule has 0 unspecified atom stereocenters. The number of amides is 1. The molecule has 1 fully saturated rings. The molecule has 0 atom stereocenters. The Hall–Kier alpha value is -1.36. The van der Waals surface area contributed by atoms with Gasteiger partial charge < -0.3 is 15.6 Å². The maximum atomic E-state index is 11.6. The molecule has 0 bridgehead atoms. The number of hydrogen-bond acceptors (Lipinski definition) is 3. The van der Waals surface area contributed by atoms with Crippen LogP contribution in [0.1, 0.15) is 23.2 Å². The summed E-state index contributed by atoms with van der Waals surface area (Å²) in [4.78, 5) is 18.6. The molecule has 1 saturated heterocycles. The van der Waals surface area contributed by atoms with Crippen molar-refractivity contribution in [2.24, 2.45) is 0 Å². The van der Waals surface area contributed by atoms with Gasteiger partial charge in [0.25, 0.3) is 5.91 Å². The Kier molecular flexibility index (Phi) is 2.49. The fourth-order valence-corrected chi connectivity index (χ4v) is 1.31. The summed E-state index contributed by atoms with van der Waals surface area (Å²) < 4.78 is 0. The molecule has 0 radical (unpaired) electrons. The highest BCUT2D eigenvalue weighted by atomic mass is 16.2. The predicted octanol–water partition coefficient (Wildman–Crippen LogP) is -0.326. The van der Waals surface area contributed by atoms with Crippen LogP contribution in [0.15, 0.2) is 6.20 Å². The van der Waals surface area contributed by atoms with Crippen molar-refractivity contribution in [2.45, 2.75) is 19.4 Å². The minimum absolute atomic E-state index is 0.0660. The van der Waals surface area contributed by atoms with Crippen LogP contribution < -0.4 is 10.6 Å². The summed E-state index contributed by atoms with van der Waals surface area (Å²) in [6, 6.07) is 0.274. The normalized spacial score (nSPS) is 16.4. The Bertz CT molecular complexity index is 329. The minimum Gasteiger partial charge on any atom is -0.345 e. The number of imidazole rings is 1. The number of H-pyrrole nitrogens is 1. The molecule has 0 aromatic carbocycles. The molecule has 5 heteroatoms. The Labute approximate surface area is 82.3 Å². The first-order valence-corrected chi connectivity index (χ1v) is 4.85. The first-order chi connectivity index (χ1) is 6.79. The SMILES string of the molecule is CCc1ncc(C(=O)NC2CNC2)[nH]1. The van der Waals surface area contributed by atoms with Crippen LogP contribution >= 0.6 is 0 Å². The second kappa shape index (κ2) is 3.79. The molecule has 1 aromatic rings. The van der Waals surface area contributed by atoms with E-state index in [1.165, 1.54) is 0 Å². The number of carbonyl (C=O) groups excluding carboxylic acids is 1. The summed E-state index contributed by atoms with van der Waals surface area (Å²) >= 11 is 0. The molecule has 2 rings (SSSR count). The smallest absolute Gasteiger partial charge is 0.269 e. The van der Waals surface area contributed by atoms with Crippen LogP contribution in [0.5, 0.6) is 0 Å². The Balaban J connectivity index is 1.95. The summed E-state index contributed by atoms with van der Waals surface area (Å²) in [5, 5.41) is 5.99. The van der Waals surface area contributed by atoms with Crippen LogP contribution in [0, 0.1) is 0 Å². The Morgan fingerprint density at radius 3 is 3.00 bits per heavy atom. The van der Waals surface area contributed by atoms with Crippen LogP contribution in [-0.4, -0.2) is 35.0 Å². The first-order valence-electron chi connectivity index (χ1n) is 4.85. The third-order valence-electron chi connectivity index (χ3n) is 2.32. The largest absolute Gasteiger partial charge is 0.345 e. The zero-order valence-corrected chi connectivity index (χ0v) is 8.13. The fraction of sp³-hybridized carbons (Fsp3) is 0.556. The second-order valence-corrected chi connectivity index (χ2v) is 3.43. The first kappa shape index (κ1) is 9.21. The zero-order chi connectivity index (χ0) is 9.97. The van der Waals surface area contributed by atoms with E-state index in [4.69, 9.17) is 0 Å².